The summed E-state index contributed by atoms with van der Waals surface area (Å²) in [7, 11) is 0. The molecule has 3 atom stereocenters. The lowest BCUT2D eigenvalue weighted by Gasteiger charge is -2.27. The number of para-hydroxylation sites is 1. The molecule has 2 aromatic carbocycles. The second kappa shape index (κ2) is 8.53. The number of hydrogen-bond acceptors (Lipinski definition) is 5. The lowest BCUT2D eigenvalue weighted by Crippen LogP contribution is -2.45. The fraction of sp³-hybridized carbons (Fsp3) is 0.259. The maximum absolute atomic E-state index is 13.9. The molecule has 1 aliphatic heterocycles. The Morgan fingerprint density at radius 2 is 1.97 bits per heavy atom. The van der Waals surface area contributed by atoms with E-state index in [1.807, 2.05) is 42.2 Å². The standard InChI is InChI=1S/C27H23FN4O2S/c1-15-30-24(25(35-15)17-6-4-7-19(28)11-17)27(34)32-14-18-12-20(18)23(32)13-29-26(33)22-10-9-16-5-2-3-8-21(16)31-22/h2-11,18,20,23H,12-14H2,1H3,(H,29,33)/t18-,20-,23-/m1/s1. The highest BCUT2D eigenvalue weighted by Crippen LogP contribution is 2.50. The molecule has 1 aliphatic carbocycles. The van der Waals surface area contributed by atoms with Gasteiger partial charge < -0.3 is 10.2 Å². The van der Waals surface area contributed by atoms with Crippen molar-refractivity contribution in [2.24, 2.45) is 11.8 Å². The SMILES string of the molecule is Cc1nc(C(=O)N2C[C@H]3C[C@H]3[C@H]2CNC(=O)c2ccc3ccccc3n2)c(-c2cccc(F)c2)s1. The molecule has 1 N–H and O–H groups in total. The number of benzene rings is 2. The molecule has 4 aromatic rings. The fourth-order valence-electron chi connectivity index (χ4n) is 5.08. The zero-order chi connectivity index (χ0) is 24.1. The first-order valence-corrected chi connectivity index (χ1v) is 12.5. The van der Waals surface area contributed by atoms with Crippen LogP contribution in [-0.2, 0) is 0 Å². The number of carbonyl (C=O) groups is 2. The van der Waals surface area contributed by atoms with Crippen LogP contribution in [0, 0.1) is 24.6 Å². The number of thiazole rings is 1. The molecule has 2 amide bonds. The summed E-state index contributed by atoms with van der Waals surface area (Å²) >= 11 is 1.39. The number of halogens is 1. The largest absolute Gasteiger partial charge is 0.349 e. The summed E-state index contributed by atoms with van der Waals surface area (Å²) in [5, 5.41) is 4.73. The highest BCUT2D eigenvalue weighted by Gasteiger charge is 2.54. The molecule has 8 heteroatoms. The molecular formula is C27H23FN4O2S. The van der Waals surface area contributed by atoms with Gasteiger partial charge in [-0.15, -0.1) is 11.3 Å². The molecule has 176 valence electrons. The third kappa shape index (κ3) is 4.08. The monoisotopic (exact) mass is 486 g/mol. The predicted molar refractivity (Wildman–Crippen MR) is 133 cm³/mol. The van der Waals surface area contributed by atoms with E-state index >= 15 is 0 Å². The van der Waals surface area contributed by atoms with Gasteiger partial charge in [-0.1, -0.05) is 36.4 Å². The molecule has 0 spiro atoms. The maximum Gasteiger partial charge on any atom is 0.274 e. The molecular weight excluding hydrogens is 463 g/mol. The van der Waals surface area contributed by atoms with Crippen molar-refractivity contribution in [3.63, 3.8) is 0 Å². The first-order valence-electron chi connectivity index (χ1n) is 11.7. The third-order valence-corrected chi connectivity index (χ3v) is 7.91. The molecule has 2 aliphatic rings. The molecule has 0 unspecified atom stereocenters. The molecule has 2 fully saturated rings. The van der Waals surface area contributed by atoms with Gasteiger partial charge in [0, 0.05) is 18.5 Å². The number of amides is 2. The van der Waals surface area contributed by atoms with Gasteiger partial charge >= 0.3 is 0 Å². The van der Waals surface area contributed by atoms with Gasteiger partial charge in [-0.2, -0.15) is 0 Å². The average Bonchev–Trinajstić information content (AvgIpc) is 3.38. The average molecular weight is 487 g/mol. The van der Waals surface area contributed by atoms with Gasteiger partial charge in [0.15, 0.2) is 0 Å². The number of pyridine rings is 1. The Bertz CT molecular complexity index is 1470. The minimum Gasteiger partial charge on any atom is -0.349 e. The predicted octanol–water partition coefficient (Wildman–Crippen LogP) is 4.70. The Morgan fingerprint density at radius 1 is 1.11 bits per heavy atom. The number of nitrogens with one attached hydrogen (secondary N) is 1. The Labute approximate surface area is 205 Å². The number of aromatic nitrogens is 2. The van der Waals surface area contributed by atoms with E-state index in [0.29, 0.717) is 46.8 Å². The van der Waals surface area contributed by atoms with E-state index in [2.05, 4.69) is 15.3 Å². The van der Waals surface area contributed by atoms with Crippen LogP contribution in [0.3, 0.4) is 0 Å². The van der Waals surface area contributed by atoms with E-state index in [0.717, 1.165) is 22.3 Å². The maximum atomic E-state index is 13.9. The van der Waals surface area contributed by atoms with Gasteiger partial charge in [0.1, 0.15) is 17.2 Å². The Hall–Kier alpha value is -3.65. The number of rotatable bonds is 5. The summed E-state index contributed by atoms with van der Waals surface area (Å²) in [6.07, 6.45) is 1.06. The Morgan fingerprint density at radius 3 is 2.83 bits per heavy atom. The highest BCUT2D eigenvalue weighted by molar-refractivity contribution is 7.15. The summed E-state index contributed by atoms with van der Waals surface area (Å²) in [5.41, 5.74) is 2.13. The number of nitrogens with zero attached hydrogens (tertiary/aromatic N) is 3. The van der Waals surface area contributed by atoms with E-state index in [9.17, 15) is 14.0 Å². The number of piperidine rings is 1. The van der Waals surface area contributed by atoms with E-state index < -0.39 is 0 Å². The van der Waals surface area contributed by atoms with Crippen LogP contribution in [0.5, 0.6) is 0 Å². The highest BCUT2D eigenvalue weighted by atomic mass is 32.1. The van der Waals surface area contributed by atoms with Crippen molar-refractivity contribution in [3.8, 4) is 10.4 Å². The molecule has 6 nitrogen and oxygen atoms in total. The second-order valence-corrected chi connectivity index (χ2v) is 10.4. The zero-order valence-corrected chi connectivity index (χ0v) is 19.9. The first-order chi connectivity index (χ1) is 17.0. The summed E-state index contributed by atoms with van der Waals surface area (Å²) in [4.78, 5) is 38.0. The first kappa shape index (κ1) is 21.9. The zero-order valence-electron chi connectivity index (χ0n) is 19.1. The van der Waals surface area contributed by atoms with Crippen molar-refractivity contribution in [2.75, 3.05) is 13.1 Å². The van der Waals surface area contributed by atoms with Crippen molar-refractivity contribution in [1.29, 1.82) is 0 Å². The fourth-order valence-corrected chi connectivity index (χ4v) is 5.99. The van der Waals surface area contributed by atoms with Gasteiger partial charge in [-0.3, -0.25) is 9.59 Å². The van der Waals surface area contributed by atoms with Crippen LogP contribution in [0.4, 0.5) is 4.39 Å². The Kier molecular flexibility index (Phi) is 5.33. The minimum atomic E-state index is -0.350. The lowest BCUT2D eigenvalue weighted by atomic mass is 10.1. The van der Waals surface area contributed by atoms with Crippen molar-refractivity contribution in [3.05, 3.63) is 82.9 Å². The molecule has 0 bridgehead atoms. The van der Waals surface area contributed by atoms with E-state index in [1.165, 1.54) is 23.5 Å². The quantitative estimate of drug-likeness (QED) is 0.444. The number of likely N-dealkylation sites (tertiary alicyclic amines) is 1. The normalized spacial score (nSPS) is 20.6. The number of carbonyl (C=O) groups excluding carboxylic acids is 2. The van der Waals surface area contributed by atoms with Crippen molar-refractivity contribution in [2.45, 2.75) is 19.4 Å². The number of hydrogen-bond donors (Lipinski definition) is 1. The van der Waals surface area contributed by atoms with E-state index in [4.69, 9.17) is 0 Å². The summed E-state index contributed by atoms with van der Waals surface area (Å²) in [6.45, 7) is 2.86. The van der Waals surface area contributed by atoms with Crippen LogP contribution in [0.25, 0.3) is 21.3 Å². The molecule has 3 heterocycles. The van der Waals surface area contributed by atoms with Crippen LogP contribution in [0.15, 0.2) is 60.7 Å². The Balaban J connectivity index is 1.21. The summed E-state index contributed by atoms with van der Waals surface area (Å²) < 4.78 is 13.9. The van der Waals surface area contributed by atoms with E-state index in [1.54, 1.807) is 18.2 Å². The molecule has 35 heavy (non-hydrogen) atoms. The van der Waals surface area contributed by atoms with E-state index in [-0.39, 0.29) is 23.7 Å². The molecule has 6 rings (SSSR count). The van der Waals surface area contributed by atoms with Gasteiger partial charge in [-0.05, 0) is 55.0 Å². The minimum absolute atomic E-state index is 0.0979. The van der Waals surface area contributed by atoms with Crippen molar-refractivity contribution >= 4 is 34.1 Å². The lowest BCUT2D eigenvalue weighted by molar-refractivity contribution is 0.0690. The summed E-state index contributed by atoms with van der Waals surface area (Å²) in [5.74, 6) is 0.0662. The van der Waals surface area contributed by atoms with Crippen LogP contribution < -0.4 is 5.32 Å². The van der Waals surface area contributed by atoms with Crippen molar-refractivity contribution < 1.29 is 14.0 Å². The smallest absolute Gasteiger partial charge is 0.274 e. The topological polar surface area (TPSA) is 75.2 Å². The van der Waals surface area contributed by atoms with Crippen LogP contribution in [-0.4, -0.2) is 45.8 Å². The van der Waals surface area contributed by atoms with Gasteiger partial charge in [0.25, 0.3) is 11.8 Å². The van der Waals surface area contributed by atoms with Gasteiger partial charge in [-0.25, -0.2) is 14.4 Å². The molecule has 1 saturated carbocycles. The van der Waals surface area contributed by atoms with Gasteiger partial charge in [0.2, 0.25) is 0 Å². The second-order valence-electron chi connectivity index (χ2n) is 9.20. The molecule has 0 radical (unpaired) electrons. The number of fused-ring (bicyclic) bond motifs is 2. The molecule has 2 aromatic heterocycles. The third-order valence-electron chi connectivity index (χ3n) is 6.89. The molecule has 1 saturated heterocycles. The summed E-state index contributed by atoms with van der Waals surface area (Å²) in [6, 6.07) is 17.4. The van der Waals surface area contributed by atoms with Crippen molar-refractivity contribution in [1.82, 2.24) is 20.2 Å². The van der Waals surface area contributed by atoms with Crippen LogP contribution in [0.2, 0.25) is 0 Å². The number of aryl methyl sites for hydroxylation is 1. The van der Waals surface area contributed by atoms with Crippen LogP contribution in [0.1, 0.15) is 32.4 Å². The van der Waals surface area contributed by atoms with Crippen LogP contribution >= 0.6 is 11.3 Å². The van der Waals surface area contributed by atoms with Gasteiger partial charge in [0.05, 0.1) is 21.4 Å².